The van der Waals surface area contributed by atoms with Crippen molar-refractivity contribution in [2.45, 2.75) is 13.5 Å². The standard InChI is InChI=1S/C18H17N3O4/c1-12(22)13-3-5-14(6-4-13)24-11-15-7-8-16(25-15)18(23)19-17-9-10-21(2)20-17/h3-10H,11H2,1-2H3,(H,19,20,23). The second-order valence-corrected chi connectivity index (χ2v) is 5.46. The van der Waals surface area contributed by atoms with Gasteiger partial charge in [-0.2, -0.15) is 5.10 Å². The van der Waals surface area contributed by atoms with E-state index in [-0.39, 0.29) is 24.1 Å². The molecule has 0 fully saturated rings. The lowest BCUT2D eigenvalue weighted by Crippen LogP contribution is -2.11. The minimum absolute atomic E-state index is 0.00106. The number of nitrogens with one attached hydrogen (secondary N) is 1. The zero-order chi connectivity index (χ0) is 17.8. The fourth-order valence-corrected chi connectivity index (χ4v) is 2.18. The van der Waals surface area contributed by atoms with E-state index in [0.29, 0.717) is 22.9 Å². The van der Waals surface area contributed by atoms with Crippen LogP contribution in [0.3, 0.4) is 0 Å². The summed E-state index contributed by atoms with van der Waals surface area (Å²) in [6.45, 7) is 1.69. The van der Waals surface area contributed by atoms with Gasteiger partial charge in [0.05, 0.1) is 0 Å². The van der Waals surface area contributed by atoms with Gasteiger partial charge in [0.1, 0.15) is 18.1 Å². The summed E-state index contributed by atoms with van der Waals surface area (Å²) in [4.78, 5) is 23.3. The van der Waals surface area contributed by atoms with Crippen LogP contribution in [-0.4, -0.2) is 21.5 Å². The first kappa shape index (κ1) is 16.5. The number of furan rings is 1. The summed E-state index contributed by atoms with van der Waals surface area (Å²) in [5, 5.41) is 6.72. The molecule has 0 aliphatic rings. The molecule has 0 bridgehead atoms. The number of hydrogen-bond acceptors (Lipinski definition) is 5. The number of benzene rings is 1. The smallest absolute Gasteiger partial charge is 0.292 e. The number of ether oxygens (including phenoxy) is 1. The van der Waals surface area contributed by atoms with Gasteiger partial charge in [-0.15, -0.1) is 0 Å². The topological polar surface area (TPSA) is 86.4 Å². The molecule has 25 heavy (non-hydrogen) atoms. The maximum Gasteiger partial charge on any atom is 0.292 e. The number of aryl methyl sites for hydroxylation is 1. The number of nitrogens with zero attached hydrogens (tertiary/aromatic N) is 2. The Kier molecular flexibility index (Phi) is 4.65. The van der Waals surface area contributed by atoms with E-state index in [1.54, 1.807) is 60.4 Å². The summed E-state index contributed by atoms with van der Waals surface area (Å²) in [6.07, 6.45) is 1.73. The van der Waals surface area contributed by atoms with Crippen LogP contribution in [0.4, 0.5) is 5.82 Å². The molecule has 2 heterocycles. The molecule has 7 heteroatoms. The number of hydrogen-bond donors (Lipinski definition) is 1. The van der Waals surface area contributed by atoms with Crippen LogP contribution < -0.4 is 10.1 Å². The predicted octanol–water partition coefficient (Wildman–Crippen LogP) is 3.05. The van der Waals surface area contributed by atoms with Gasteiger partial charge in [-0.05, 0) is 43.3 Å². The molecule has 1 aromatic carbocycles. The van der Waals surface area contributed by atoms with Crippen molar-refractivity contribution < 1.29 is 18.7 Å². The molecule has 7 nitrogen and oxygen atoms in total. The molecule has 1 amide bonds. The maximum atomic E-state index is 12.1. The highest BCUT2D eigenvalue weighted by Crippen LogP contribution is 2.16. The fraction of sp³-hybridized carbons (Fsp3) is 0.167. The van der Waals surface area contributed by atoms with E-state index in [4.69, 9.17) is 9.15 Å². The molecule has 0 atom stereocenters. The molecule has 0 saturated heterocycles. The van der Waals surface area contributed by atoms with E-state index in [1.165, 1.54) is 6.92 Å². The molecule has 128 valence electrons. The molecule has 1 N–H and O–H groups in total. The van der Waals surface area contributed by atoms with Gasteiger partial charge in [0.15, 0.2) is 17.4 Å². The van der Waals surface area contributed by atoms with E-state index >= 15 is 0 Å². The third-order valence-electron chi connectivity index (χ3n) is 3.48. The molecule has 0 unspecified atom stereocenters. The molecular weight excluding hydrogens is 322 g/mol. The monoisotopic (exact) mass is 339 g/mol. The lowest BCUT2D eigenvalue weighted by Gasteiger charge is -2.04. The molecule has 3 rings (SSSR count). The van der Waals surface area contributed by atoms with Gasteiger partial charge in [-0.1, -0.05) is 0 Å². The maximum absolute atomic E-state index is 12.1. The number of ketones is 1. The zero-order valence-corrected chi connectivity index (χ0v) is 13.9. The first-order valence-electron chi connectivity index (χ1n) is 7.65. The van der Waals surface area contributed by atoms with Gasteiger partial charge in [0.25, 0.3) is 5.91 Å². The Morgan fingerprint density at radius 3 is 2.56 bits per heavy atom. The second-order valence-electron chi connectivity index (χ2n) is 5.46. The van der Waals surface area contributed by atoms with Gasteiger partial charge in [0.2, 0.25) is 0 Å². The first-order chi connectivity index (χ1) is 12.0. The van der Waals surface area contributed by atoms with E-state index in [1.807, 2.05) is 0 Å². The van der Waals surface area contributed by atoms with Crippen molar-refractivity contribution in [1.82, 2.24) is 9.78 Å². The number of aromatic nitrogens is 2. The summed E-state index contributed by atoms with van der Waals surface area (Å²) >= 11 is 0. The van der Waals surface area contributed by atoms with E-state index in [2.05, 4.69) is 10.4 Å². The molecular formula is C18H17N3O4. The minimum atomic E-state index is -0.379. The van der Waals surface area contributed by atoms with Crippen LogP contribution in [0.1, 0.15) is 33.6 Å². The number of amides is 1. The summed E-state index contributed by atoms with van der Waals surface area (Å²) < 4.78 is 12.7. The highest BCUT2D eigenvalue weighted by Gasteiger charge is 2.13. The van der Waals surface area contributed by atoms with Crippen molar-refractivity contribution in [3.8, 4) is 5.75 Å². The molecule has 2 aromatic heterocycles. The molecule has 0 aliphatic carbocycles. The van der Waals surface area contributed by atoms with Crippen molar-refractivity contribution in [1.29, 1.82) is 0 Å². The average molecular weight is 339 g/mol. The summed E-state index contributed by atoms with van der Waals surface area (Å²) in [5.74, 6) is 1.38. The van der Waals surface area contributed by atoms with Gasteiger partial charge < -0.3 is 14.5 Å². The number of anilines is 1. The van der Waals surface area contributed by atoms with Gasteiger partial charge in [0, 0.05) is 24.9 Å². The predicted molar refractivity (Wildman–Crippen MR) is 90.6 cm³/mol. The molecule has 0 saturated carbocycles. The van der Waals surface area contributed by atoms with Crippen LogP contribution >= 0.6 is 0 Å². The van der Waals surface area contributed by atoms with Crippen LogP contribution in [0.15, 0.2) is 53.1 Å². The third-order valence-corrected chi connectivity index (χ3v) is 3.48. The number of Topliss-reactive ketones (excluding diaryl/α,β-unsaturated/α-hetero) is 1. The Morgan fingerprint density at radius 2 is 1.92 bits per heavy atom. The normalized spacial score (nSPS) is 10.5. The Hall–Kier alpha value is -3.35. The van der Waals surface area contributed by atoms with Crippen LogP contribution in [0, 0.1) is 0 Å². The van der Waals surface area contributed by atoms with E-state index in [9.17, 15) is 9.59 Å². The fourth-order valence-electron chi connectivity index (χ4n) is 2.18. The minimum Gasteiger partial charge on any atom is -0.486 e. The summed E-state index contributed by atoms with van der Waals surface area (Å²) in [6, 6.07) is 11.8. The van der Waals surface area contributed by atoms with Crippen LogP contribution in [0.25, 0.3) is 0 Å². The van der Waals surface area contributed by atoms with Gasteiger partial charge in [-0.3, -0.25) is 14.3 Å². The average Bonchev–Trinajstić information content (AvgIpc) is 3.22. The number of carbonyl (C=O) groups excluding carboxylic acids is 2. The Balaban J connectivity index is 1.57. The van der Waals surface area contributed by atoms with Crippen LogP contribution in [0.2, 0.25) is 0 Å². The van der Waals surface area contributed by atoms with Crippen LogP contribution in [0.5, 0.6) is 5.75 Å². The molecule has 0 aliphatic heterocycles. The van der Waals surface area contributed by atoms with Crippen molar-refractivity contribution in [3.63, 3.8) is 0 Å². The number of carbonyl (C=O) groups is 2. The van der Waals surface area contributed by atoms with Crippen molar-refractivity contribution in [3.05, 3.63) is 65.7 Å². The van der Waals surface area contributed by atoms with Gasteiger partial charge in [-0.25, -0.2) is 0 Å². The largest absolute Gasteiger partial charge is 0.486 e. The number of rotatable bonds is 6. The third kappa shape index (κ3) is 4.14. The lowest BCUT2D eigenvalue weighted by atomic mass is 10.1. The van der Waals surface area contributed by atoms with Crippen molar-refractivity contribution in [2.24, 2.45) is 7.05 Å². The summed E-state index contributed by atoms with van der Waals surface area (Å²) in [5.41, 5.74) is 0.624. The van der Waals surface area contributed by atoms with Crippen molar-refractivity contribution in [2.75, 3.05) is 5.32 Å². The second kappa shape index (κ2) is 7.04. The Labute approximate surface area is 144 Å². The van der Waals surface area contributed by atoms with Gasteiger partial charge >= 0.3 is 0 Å². The first-order valence-corrected chi connectivity index (χ1v) is 7.65. The zero-order valence-electron chi connectivity index (χ0n) is 13.9. The SMILES string of the molecule is CC(=O)c1ccc(OCc2ccc(C(=O)Nc3ccn(C)n3)o2)cc1. The molecule has 3 aromatic rings. The highest BCUT2D eigenvalue weighted by atomic mass is 16.5. The quantitative estimate of drug-likeness (QED) is 0.698. The lowest BCUT2D eigenvalue weighted by molar-refractivity contribution is 0.0990. The van der Waals surface area contributed by atoms with Crippen LogP contribution in [-0.2, 0) is 13.7 Å². The Bertz CT molecular complexity index is 893. The Morgan fingerprint density at radius 1 is 1.16 bits per heavy atom. The molecule has 0 radical (unpaired) electrons. The molecule has 0 spiro atoms. The summed E-state index contributed by atoms with van der Waals surface area (Å²) in [7, 11) is 1.76. The highest BCUT2D eigenvalue weighted by molar-refractivity contribution is 6.01. The van der Waals surface area contributed by atoms with E-state index in [0.717, 1.165) is 0 Å². The van der Waals surface area contributed by atoms with E-state index < -0.39 is 0 Å². The van der Waals surface area contributed by atoms with Crippen molar-refractivity contribution >= 4 is 17.5 Å².